The minimum Gasteiger partial charge on any atom is -0.465 e. The molecule has 0 fully saturated rings. The van der Waals surface area contributed by atoms with Crippen molar-refractivity contribution in [1.29, 1.82) is 0 Å². The molecule has 3 rings (SSSR count). The molecule has 18 heteroatoms. The predicted octanol–water partition coefficient (Wildman–Crippen LogP) is 2.26. The molecule has 2 heterocycles. The Hall–Kier alpha value is -4.42. The highest BCUT2D eigenvalue weighted by Crippen LogP contribution is 2.34. The Labute approximate surface area is 271 Å². The van der Waals surface area contributed by atoms with E-state index in [9.17, 15) is 37.2 Å². The van der Waals surface area contributed by atoms with Gasteiger partial charge in [0.1, 0.15) is 27.9 Å². The van der Waals surface area contributed by atoms with Crippen LogP contribution in [0.5, 0.6) is 0 Å². The molecular formula is C28H31N3O12S3. The van der Waals surface area contributed by atoms with Gasteiger partial charge in [-0.3, -0.25) is 14.4 Å². The average molecular weight is 698 g/mol. The summed E-state index contributed by atoms with van der Waals surface area (Å²) in [5.74, 6) is -7.36. The Morgan fingerprint density at radius 1 is 0.891 bits per heavy atom. The van der Waals surface area contributed by atoms with Crippen molar-refractivity contribution >= 4 is 83.4 Å². The standard InChI is InChI=1S/C28H31N3O12S3/c1-6-41-21(34)12-31-17-10-9-16(25(35)40-5)11-18(17)44-28(31)30-20(33)14-46(38,39)13-19(32)29-24-22(26(36)42-7-2)15(4)23(45-24)27(37)43-8-3/h9-11H,6-8,12-14H2,1-5H3,(H,29,32). The molecule has 0 bridgehead atoms. The van der Waals surface area contributed by atoms with E-state index >= 15 is 0 Å². The van der Waals surface area contributed by atoms with Gasteiger partial charge in [0.2, 0.25) is 5.91 Å². The smallest absolute Gasteiger partial charge is 0.348 e. The lowest BCUT2D eigenvalue weighted by molar-refractivity contribution is -0.143. The number of nitrogens with one attached hydrogen (secondary N) is 1. The van der Waals surface area contributed by atoms with E-state index in [4.69, 9.17) is 18.9 Å². The van der Waals surface area contributed by atoms with Crippen LogP contribution in [0.15, 0.2) is 23.2 Å². The van der Waals surface area contributed by atoms with Gasteiger partial charge in [0.15, 0.2) is 14.6 Å². The van der Waals surface area contributed by atoms with Gasteiger partial charge >= 0.3 is 23.9 Å². The van der Waals surface area contributed by atoms with Crippen molar-refractivity contribution in [3.63, 3.8) is 0 Å². The summed E-state index contributed by atoms with van der Waals surface area (Å²) in [6, 6.07) is 4.45. The molecule has 1 N–H and O–H groups in total. The Bertz CT molecular complexity index is 1870. The number of carbonyl (C=O) groups excluding carboxylic acids is 6. The maximum atomic E-state index is 12.9. The maximum absolute atomic E-state index is 12.9. The first-order valence-corrected chi connectivity index (χ1v) is 17.1. The fourth-order valence-electron chi connectivity index (χ4n) is 4.07. The third-order valence-corrected chi connectivity index (χ3v) is 9.57. The molecule has 46 heavy (non-hydrogen) atoms. The lowest BCUT2D eigenvalue weighted by Crippen LogP contribution is -2.29. The summed E-state index contributed by atoms with van der Waals surface area (Å²) >= 11 is 1.64. The van der Waals surface area contributed by atoms with E-state index in [1.165, 1.54) is 36.8 Å². The molecule has 0 aliphatic carbocycles. The van der Waals surface area contributed by atoms with Crippen LogP contribution in [-0.2, 0) is 49.7 Å². The molecule has 2 aromatic heterocycles. The number of aromatic nitrogens is 1. The van der Waals surface area contributed by atoms with Crippen LogP contribution in [0.2, 0.25) is 0 Å². The molecule has 1 aromatic carbocycles. The van der Waals surface area contributed by atoms with E-state index in [-0.39, 0.29) is 57.7 Å². The lowest BCUT2D eigenvalue weighted by Gasteiger charge is -2.07. The normalized spacial score (nSPS) is 11.6. The Morgan fingerprint density at radius 2 is 1.54 bits per heavy atom. The second-order valence-corrected chi connectivity index (χ2v) is 13.3. The third-order valence-electron chi connectivity index (χ3n) is 5.95. The van der Waals surface area contributed by atoms with Gasteiger partial charge in [0.05, 0.1) is 48.3 Å². The van der Waals surface area contributed by atoms with Gasteiger partial charge in [-0.15, -0.1) is 11.3 Å². The number of thiophene rings is 1. The highest BCUT2D eigenvalue weighted by molar-refractivity contribution is 7.92. The second kappa shape index (κ2) is 15.7. The minimum atomic E-state index is -4.40. The highest BCUT2D eigenvalue weighted by atomic mass is 32.2. The van der Waals surface area contributed by atoms with E-state index in [0.717, 1.165) is 22.7 Å². The molecule has 0 aliphatic rings. The van der Waals surface area contributed by atoms with Crippen LogP contribution in [0.4, 0.5) is 5.00 Å². The highest BCUT2D eigenvalue weighted by Gasteiger charge is 2.29. The SMILES string of the molecule is CCOC(=O)Cn1c(=NC(=O)CS(=O)(=O)CC(=O)Nc2sc(C(=O)OCC)c(C)c2C(=O)OCC)sc2cc(C(=O)OC)ccc21. The number of hydrogen-bond acceptors (Lipinski definition) is 14. The topological polar surface area (TPSA) is 203 Å². The summed E-state index contributed by atoms with van der Waals surface area (Å²) in [7, 11) is -3.19. The van der Waals surface area contributed by atoms with Gasteiger partial charge < -0.3 is 28.8 Å². The second-order valence-electron chi connectivity index (χ2n) is 9.24. The molecule has 2 amide bonds. The molecule has 0 radical (unpaired) electrons. The van der Waals surface area contributed by atoms with Crippen LogP contribution in [-0.4, -0.2) is 87.1 Å². The molecule has 3 aromatic rings. The molecule has 0 unspecified atom stereocenters. The summed E-state index contributed by atoms with van der Waals surface area (Å²) < 4.78 is 47.3. The zero-order valence-corrected chi connectivity index (χ0v) is 27.9. The van der Waals surface area contributed by atoms with E-state index in [1.807, 2.05) is 0 Å². The van der Waals surface area contributed by atoms with Crippen LogP contribution in [0.1, 0.15) is 56.7 Å². The number of esters is 4. The third kappa shape index (κ3) is 8.85. The number of nitrogens with zero attached hydrogens (tertiary/aromatic N) is 2. The number of ether oxygens (including phenoxy) is 4. The quantitative estimate of drug-likeness (QED) is 0.202. The van der Waals surface area contributed by atoms with Crippen LogP contribution >= 0.6 is 22.7 Å². The maximum Gasteiger partial charge on any atom is 0.348 e. The number of fused-ring (bicyclic) bond motifs is 1. The number of amides is 2. The number of methoxy groups -OCH3 is 1. The fraction of sp³-hybridized carbons (Fsp3) is 0.393. The molecule has 15 nitrogen and oxygen atoms in total. The average Bonchev–Trinajstić information content (AvgIpc) is 3.47. The monoisotopic (exact) mass is 697 g/mol. The summed E-state index contributed by atoms with van der Waals surface area (Å²) in [5, 5.41) is 2.21. The van der Waals surface area contributed by atoms with Crippen LogP contribution in [0.25, 0.3) is 10.2 Å². The van der Waals surface area contributed by atoms with E-state index in [1.54, 1.807) is 20.8 Å². The molecule has 0 spiro atoms. The number of benzene rings is 1. The van der Waals surface area contributed by atoms with E-state index in [2.05, 4.69) is 10.3 Å². The van der Waals surface area contributed by atoms with Gasteiger partial charge in [0.25, 0.3) is 5.91 Å². The Kier molecular flexibility index (Phi) is 12.3. The number of anilines is 1. The number of hydrogen-bond donors (Lipinski definition) is 1. The molecular weight excluding hydrogens is 667 g/mol. The fourth-order valence-corrected chi connectivity index (χ4v) is 7.28. The Morgan fingerprint density at radius 3 is 2.17 bits per heavy atom. The predicted molar refractivity (Wildman–Crippen MR) is 167 cm³/mol. The van der Waals surface area contributed by atoms with Crippen LogP contribution in [0, 0.1) is 6.92 Å². The van der Waals surface area contributed by atoms with Crippen molar-refractivity contribution in [2.45, 2.75) is 34.2 Å². The molecule has 0 saturated heterocycles. The van der Waals surface area contributed by atoms with Crippen molar-refractivity contribution in [3.8, 4) is 0 Å². The minimum absolute atomic E-state index is 0.00225. The molecule has 248 valence electrons. The zero-order valence-electron chi connectivity index (χ0n) is 25.5. The molecule has 0 saturated carbocycles. The Balaban J connectivity index is 1.88. The van der Waals surface area contributed by atoms with Crippen molar-refractivity contribution in [2.75, 3.05) is 43.8 Å². The zero-order chi connectivity index (χ0) is 34.2. The van der Waals surface area contributed by atoms with Crippen molar-refractivity contribution in [1.82, 2.24) is 4.57 Å². The van der Waals surface area contributed by atoms with Gasteiger partial charge in [-0.05, 0) is 51.5 Å². The largest absolute Gasteiger partial charge is 0.465 e. The number of thiazole rings is 1. The first-order chi connectivity index (χ1) is 21.7. The molecule has 0 aliphatic heterocycles. The summed E-state index contributed by atoms with van der Waals surface area (Å²) in [6.45, 7) is 6.03. The molecule has 0 atom stereocenters. The number of carbonyl (C=O) groups is 6. The lowest BCUT2D eigenvalue weighted by atomic mass is 10.1. The van der Waals surface area contributed by atoms with Crippen molar-refractivity contribution in [2.24, 2.45) is 4.99 Å². The van der Waals surface area contributed by atoms with Gasteiger partial charge in [-0.1, -0.05) is 11.3 Å². The summed E-state index contributed by atoms with van der Waals surface area (Å²) in [4.78, 5) is 78.7. The van der Waals surface area contributed by atoms with Gasteiger partial charge in [-0.2, -0.15) is 4.99 Å². The van der Waals surface area contributed by atoms with Gasteiger partial charge in [-0.25, -0.2) is 22.8 Å². The van der Waals surface area contributed by atoms with Crippen LogP contribution < -0.4 is 10.1 Å². The van der Waals surface area contributed by atoms with Crippen LogP contribution in [0.3, 0.4) is 0 Å². The number of rotatable bonds is 13. The van der Waals surface area contributed by atoms with E-state index in [0.29, 0.717) is 10.2 Å². The van der Waals surface area contributed by atoms with Gasteiger partial charge in [0, 0.05) is 0 Å². The van der Waals surface area contributed by atoms with Crippen molar-refractivity contribution < 1.29 is 56.1 Å². The first kappa shape index (κ1) is 36.1. The van der Waals surface area contributed by atoms with Crippen molar-refractivity contribution in [3.05, 3.63) is 44.6 Å². The first-order valence-electron chi connectivity index (χ1n) is 13.7. The summed E-state index contributed by atoms with van der Waals surface area (Å²) in [5.41, 5.74) is 0.683. The number of sulfone groups is 1. The van der Waals surface area contributed by atoms with E-state index < -0.39 is 57.0 Å². The summed E-state index contributed by atoms with van der Waals surface area (Å²) in [6.07, 6.45) is 0.